The van der Waals surface area contributed by atoms with E-state index in [1.165, 1.54) is 24.1 Å². The van der Waals surface area contributed by atoms with Gasteiger partial charge in [0.15, 0.2) is 0 Å². The van der Waals surface area contributed by atoms with E-state index in [9.17, 15) is 4.39 Å². The molecule has 1 atom stereocenters. The van der Waals surface area contributed by atoms with Crippen molar-refractivity contribution >= 4 is 0 Å². The van der Waals surface area contributed by atoms with Gasteiger partial charge in [-0.3, -0.25) is 14.5 Å². The summed E-state index contributed by atoms with van der Waals surface area (Å²) in [5.74, 6) is 0.528. The van der Waals surface area contributed by atoms with Crippen molar-refractivity contribution in [3.63, 3.8) is 0 Å². The number of hydrogen-bond donors (Lipinski definition) is 0. The molecule has 0 N–H and O–H groups in total. The van der Waals surface area contributed by atoms with Gasteiger partial charge < -0.3 is 4.90 Å². The second-order valence-electron chi connectivity index (χ2n) is 9.34. The number of nitrogens with zero attached hydrogens (tertiary/aromatic N) is 5. The summed E-state index contributed by atoms with van der Waals surface area (Å²) in [5, 5.41) is 4.73. The third kappa shape index (κ3) is 6.61. The van der Waals surface area contributed by atoms with Crippen LogP contribution in [0.4, 0.5) is 4.39 Å². The van der Waals surface area contributed by atoms with Crippen LogP contribution in [-0.4, -0.2) is 71.3 Å². The molecule has 1 aromatic heterocycles. The van der Waals surface area contributed by atoms with Crippen LogP contribution < -0.4 is 0 Å². The maximum absolute atomic E-state index is 14.1. The highest BCUT2D eigenvalue weighted by atomic mass is 19.1. The second kappa shape index (κ2) is 11.2. The molecular formula is C25H40FN5. The molecule has 0 saturated carbocycles. The highest BCUT2D eigenvalue weighted by molar-refractivity contribution is 5.24. The minimum absolute atomic E-state index is 0.0869. The smallest absolute Gasteiger partial charge is 0.127 e. The molecule has 1 saturated heterocycles. The van der Waals surface area contributed by atoms with E-state index in [1.54, 1.807) is 12.1 Å². The fourth-order valence-corrected chi connectivity index (χ4v) is 4.75. The Morgan fingerprint density at radius 3 is 2.61 bits per heavy atom. The number of aromatic nitrogens is 2. The molecule has 0 bridgehead atoms. The van der Waals surface area contributed by atoms with Crippen LogP contribution in [0.25, 0.3) is 0 Å². The van der Waals surface area contributed by atoms with Crippen LogP contribution in [0.15, 0.2) is 24.3 Å². The van der Waals surface area contributed by atoms with Crippen LogP contribution in [0.5, 0.6) is 0 Å². The first-order valence-electron chi connectivity index (χ1n) is 11.7. The van der Waals surface area contributed by atoms with Gasteiger partial charge in [-0.2, -0.15) is 5.10 Å². The summed E-state index contributed by atoms with van der Waals surface area (Å²) in [4.78, 5) is 7.30. The van der Waals surface area contributed by atoms with Gasteiger partial charge in [0.05, 0.1) is 5.69 Å². The Labute approximate surface area is 187 Å². The van der Waals surface area contributed by atoms with Gasteiger partial charge in [0.25, 0.3) is 0 Å². The normalized spacial score (nSPS) is 17.7. The lowest BCUT2D eigenvalue weighted by Gasteiger charge is -2.36. The van der Waals surface area contributed by atoms with E-state index in [2.05, 4.69) is 54.2 Å². The quantitative estimate of drug-likeness (QED) is 0.572. The number of hydrogen-bond acceptors (Lipinski definition) is 4. The third-order valence-corrected chi connectivity index (χ3v) is 6.55. The molecule has 31 heavy (non-hydrogen) atoms. The molecule has 2 aromatic rings. The summed E-state index contributed by atoms with van der Waals surface area (Å²) in [7, 11) is 4.28. The molecule has 0 spiro atoms. The van der Waals surface area contributed by atoms with Gasteiger partial charge in [-0.15, -0.1) is 0 Å². The number of rotatable bonds is 10. The first kappa shape index (κ1) is 23.9. The average molecular weight is 430 g/mol. The van der Waals surface area contributed by atoms with Crippen molar-refractivity contribution in [1.82, 2.24) is 24.5 Å². The zero-order chi connectivity index (χ0) is 22.4. The molecule has 0 unspecified atom stereocenters. The zero-order valence-electron chi connectivity index (χ0n) is 20.1. The van der Waals surface area contributed by atoms with Crippen LogP contribution in [0.3, 0.4) is 0 Å². The van der Waals surface area contributed by atoms with Crippen LogP contribution in [0, 0.1) is 25.6 Å². The number of likely N-dealkylation sites (tertiary alicyclic amines) is 1. The standard InChI is InChI=1S/C25H40FN5/c1-6-31-21(3)24(20(2)27-31)19-30(15-14-28(4)5)17-22-10-9-13-29(16-22)18-23-11-7-8-12-25(23)26/h7-8,11-12,22H,6,9-10,13-19H2,1-5H3/t22-/m1/s1. The molecular weight excluding hydrogens is 389 g/mol. The molecule has 0 radical (unpaired) electrons. The number of likely N-dealkylation sites (N-methyl/N-ethyl adjacent to an activating group) is 1. The monoisotopic (exact) mass is 429 g/mol. The highest BCUT2D eigenvalue weighted by Gasteiger charge is 2.24. The topological polar surface area (TPSA) is 27.5 Å². The SMILES string of the molecule is CCn1nc(C)c(CN(CCN(C)C)C[C@@H]2CCCN(Cc3ccccc3F)C2)c1C. The van der Waals surface area contributed by atoms with Crippen LogP contribution >= 0.6 is 0 Å². The molecule has 0 amide bonds. The van der Waals surface area contributed by atoms with Crippen LogP contribution in [-0.2, 0) is 19.6 Å². The van der Waals surface area contributed by atoms with Gasteiger partial charge in [-0.25, -0.2) is 4.39 Å². The lowest BCUT2D eigenvalue weighted by molar-refractivity contribution is 0.119. The molecule has 2 heterocycles. The third-order valence-electron chi connectivity index (χ3n) is 6.55. The summed E-state index contributed by atoms with van der Waals surface area (Å²) >= 11 is 0. The molecule has 5 nitrogen and oxygen atoms in total. The Hall–Kier alpha value is -1.76. The first-order valence-corrected chi connectivity index (χ1v) is 11.7. The lowest BCUT2D eigenvalue weighted by atomic mass is 9.96. The van der Waals surface area contributed by atoms with E-state index in [4.69, 9.17) is 5.10 Å². The molecule has 1 fully saturated rings. The first-order chi connectivity index (χ1) is 14.9. The summed E-state index contributed by atoms with van der Waals surface area (Å²) in [6.45, 7) is 14.3. The average Bonchev–Trinajstić information content (AvgIpc) is 3.01. The van der Waals surface area contributed by atoms with E-state index in [0.29, 0.717) is 12.5 Å². The van der Waals surface area contributed by atoms with E-state index in [1.807, 2.05) is 12.1 Å². The minimum Gasteiger partial charge on any atom is -0.308 e. The van der Waals surface area contributed by atoms with Crippen molar-refractivity contribution in [2.45, 2.75) is 53.2 Å². The number of benzene rings is 1. The Kier molecular flexibility index (Phi) is 8.64. The fourth-order valence-electron chi connectivity index (χ4n) is 4.75. The van der Waals surface area contributed by atoms with Crippen molar-refractivity contribution in [1.29, 1.82) is 0 Å². The summed E-state index contributed by atoms with van der Waals surface area (Å²) < 4.78 is 16.2. The van der Waals surface area contributed by atoms with E-state index in [-0.39, 0.29) is 5.82 Å². The second-order valence-corrected chi connectivity index (χ2v) is 9.34. The highest BCUT2D eigenvalue weighted by Crippen LogP contribution is 2.23. The molecule has 6 heteroatoms. The van der Waals surface area contributed by atoms with Gasteiger partial charge >= 0.3 is 0 Å². The Bertz CT molecular complexity index is 831. The van der Waals surface area contributed by atoms with Gasteiger partial charge in [-0.1, -0.05) is 18.2 Å². The Morgan fingerprint density at radius 1 is 1.16 bits per heavy atom. The van der Waals surface area contributed by atoms with E-state index < -0.39 is 0 Å². The van der Waals surface area contributed by atoms with Crippen molar-refractivity contribution in [3.05, 3.63) is 52.6 Å². The van der Waals surface area contributed by atoms with Crippen molar-refractivity contribution in [2.75, 3.05) is 46.8 Å². The largest absolute Gasteiger partial charge is 0.308 e. The van der Waals surface area contributed by atoms with Gasteiger partial charge in [0, 0.05) is 62.6 Å². The molecule has 1 aliphatic rings. The van der Waals surface area contributed by atoms with Crippen LogP contribution in [0.2, 0.25) is 0 Å². The minimum atomic E-state index is -0.0869. The Balaban J connectivity index is 1.66. The maximum Gasteiger partial charge on any atom is 0.127 e. The summed E-state index contributed by atoms with van der Waals surface area (Å²) in [6.07, 6.45) is 2.44. The van der Waals surface area contributed by atoms with E-state index >= 15 is 0 Å². The molecule has 172 valence electrons. The predicted molar refractivity (Wildman–Crippen MR) is 126 cm³/mol. The van der Waals surface area contributed by atoms with Gasteiger partial charge in [-0.05, 0) is 66.2 Å². The van der Waals surface area contributed by atoms with Gasteiger partial charge in [0.2, 0.25) is 0 Å². The molecule has 3 rings (SSSR count). The van der Waals surface area contributed by atoms with Crippen molar-refractivity contribution in [2.24, 2.45) is 5.92 Å². The molecule has 1 aromatic carbocycles. The lowest BCUT2D eigenvalue weighted by Crippen LogP contribution is -2.42. The van der Waals surface area contributed by atoms with Crippen molar-refractivity contribution < 1.29 is 4.39 Å². The zero-order valence-corrected chi connectivity index (χ0v) is 20.1. The molecule has 0 aliphatic carbocycles. The maximum atomic E-state index is 14.1. The number of aryl methyl sites for hydroxylation is 2. The number of piperidine rings is 1. The van der Waals surface area contributed by atoms with Crippen molar-refractivity contribution in [3.8, 4) is 0 Å². The fraction of sp³-hybridized carbons (Fsp3) is 0.640. The molecule has 1 aliphatic heterocycles. The van der Waals surface area contributed by atoms with E-state index in [0.717, 1.165) is 57.1 Å². The Morgan fingerprint density at radius 2 is 1.94 bits per heavy atom. The predicted octanol–water partition coefficient (Wildman–Crippen LogP) is 3.93. The summed E-state index contributed by atoms with van der Waals surface area (Å²) in [6, 6.07) is 7.19. The van der Waals surface area contributed by atoms with Gasteiger partial charge in [0.1, 0.15) is 5.82 Å². The number of halogens is 1. The summed E-state index contributed by atoms with van der Waals surface area (Å²) in [5.41, 5.74) is 4.63. The van der Waals surface area contributed by atoms with Crippen LogP contribution in [0.1, 0.15) is 42.3 Å².